The van der Waals surface area contributed by atoms with E-state index < -0.39 is 0 Å². The molecule has 10 rings (SSSR count). The van der Waals surface area contributed by atoms with Crippen LogP contribution >= 0.6 is 23.5 Å². The van der Waals surface area contributed by atoms with Gasteiger partial charge in [-0.05, 0) is 64.9 Å². The van der Waals surface area contributed by atoms with Crippen LogP contribution in [0, 0.1) is 0 Å². The lowest BCUT2D eigenvalue weighted by Crippen LogP contribution is -2.62. The lowest BCUT2D eigenvalue weighted by Gasteiger charge is -2.43. The van der Waals surface area contributed by atoms with Gasteiger partial charge in [-0.15, -0.1) is 0 Å². The molecule has 3 aliphatic rings. The Bertz CT molecular complexity index is 2210. The molecule has 1 aromatic heterocycles. The third-order valence-corrected chi connectivity index (χ3v) is 11.3. The lowest BCUT2D eigenvalue weighted by molar-refractivity contribution is 1.07. The number of hydrogen-bond donors (Lipinski definition) is 0. The molecule has 0 aliphatic carbocycles. The number of benzene rings is 6. The smallest absolute Gasteiger partial charge is 0.252 e. The minimum atomic E-state index is 0.232. The molecule has 0 saturated heterocycles. The molecule has 7 heteroatoms. The van der Waals surface area contributed by atoms with Crippen molar-refractivity contribution in [2.24, 2.45) is 0 Å². The Balaban J connectivity index is 1.16. The van der Waals surface area contributed by atoms with Crippen molar-refractivity contribution in [2.45, 2.75) is 19.6 Å². The van der Waals surface area contributed by atoms with Gasteiger partial charge in [0.05, 0.1) is 0 Å². The molecular weight excluding hydrogens is 599 g/mol. The van der Waals surface area contributed by atoms with E-state index in [1.54, 1.807) is 0 Å². The average molecular weight is 623 g/mol. The number of anilines is 3. The summed E-state index contributed by atoms with van der Waals surface area (Å²) in [7, 11) is 0. The summed E-state index contributed by atoms with van der Waals surface area (Å²) in [6.45, 7) is 0.232. The number of aromatic nitrogens is 3. The highest BCUT2D eigenvalue weighted by atomic mass is 32.2. The van der Waals surface area contributed by atoms with Crippen LogP contribution in [0.1, 0.15) is 0 Å². The van der Waals surface area contributed by atoms with E-state index in [0.29, 0.717) is 17.5 Å². The van der Waals surface area contributed by atoms with Crippen molar-refractivity contribution in [1.29, 1.82) is 0 Å². The van der Waals surface area contributed by atoms with E-state index >= 15 is 0 Å². The first-order chi connectivity index (χ1) is 22.8. The molecule has 4 heterocycles. The van der Waals surface area contributed by atoms with Gasteiger partial charge in [0.2, 0.25) is 0 Å². The summed E-state index contributed by atoms with van der Waals surface area (Å²) in [5.41, 5.74) is 10.7. The minimum Gasteiger partial charge on any atom is -0.311 e. The first-order valence-corrected chi connectivity index (χ1v) is 17.0. The zero-order valence-electron chi connectivity index (χ0n) is 24.5. The first-order valence-electron chi connectivity index (χ1n) is 15.3. The third kappa shape index (κ3) is 3.95. The van der Waals surface area contributed by atoms with Crippen LogP contribution in [-0.2, 0) is 0 Å². The molecule has 4 nitrogen and oxygen atoms in total. The van der Waals surface area contributed by atoms with Gasteiger partial charge in [-0.25, -0.2) is 15.0 Å². The Morgan fingerprint density at radius 1 is 0.413 bits per heavy atom. The van der Waals surface area contributed by atoms with Gasteiger partial charge in [-0.2, -0.15) is 0 Å². The molecule has 6 aromatic carbocycles. The van der Waals surface area contributed by atoms with Gasteiger partial charge >= 0.3 is 0 Å². The molecule has 0 bridgehead atoms. The summed E-state index contributed by atoms with van der Waals surface area (Å²) in [4.78, 5) is 22.8. The second kappa shape index (κ2) is 10.2. The molecule has 0 fully saturated rings. The molecule has 3 aliphatic heterocycles. The standard InChI is InChI=1S/C39H23BN4S2/c1-3-11-24(12-4-1)37-41-38(25-13-5-2-6-14-25)43-39(42-37)26-15-7-16-27(23-26)44-28-17-8-19-30-34(28)40-35-29(44)18-9-20-31(35)46-33-22-10-21-32(45-30)36(33)40/h1-23H. The Labute approximate surface area is 275 Å². The average Bonchev–Trinajstić information content (AvgIpc) is 3.12. The van der Waals surface area contributed by atoms with Crippen molar-refractivity contribution < 1.29 is 0 Å². The Morgan fingerprint density at radius 2 is 0.848 bits per heavy atom. The van der Waals surface area contributed by atoms with Crippen molar-refractivity contribution in [3.63, 3.8) is 0 Å². The van der Waals surface area contributed by atoms with E-state index in [-0.39, 0.29) is 6.71 Å². The van der Waals surface area contributed by atoms with Crippen molar-refractivity contribution in [2.75, 3.05) is 4.90 Å². The van der Waals surface area contributed by atoms with Gasteiger partial charge < -0.3 is 4.90 Å². The summed E-state index contributed by atoms with van der Waals surface area (Å²) in [6, 6.07) is 49.2. The molecule has 0 saturated carbocycles. The van der Waals surface area contributed by atoms with Gasteiger partial charge in [0.15, 0.2) is 17.5 Å². The lowest BCUT2D eigenvalue weighted by atomic mass is 9.34. The van der Waals surface area contributed by atoms with E-state index in [2.05, 4.69) is 83.8 Å². The molecule has 0 unspecified atom stereocenters. The van der Waals surface area contributed by atoms with Crippen LogP contribution in [0.4, 0.5) is 17.1 Å². The Hall–Kier alpha value is -5.11. The second-order valence-corrected chi connectivity index (χ2v) is 13.8. The predicted octanol–water partition coefficient (Wildman–Crippen LogP) is 8.10. The summed E-state index contributed by atoms with van der Waals surface area (Å²) >= 11 is 3.79. The molecular formula is C39H23BN4S2. The van der Waals surface area contributed by atoms with Gasteiger partial charge in [0, 0.05) is 53.3 Å². The maximum Gasteiger partial charge on any atom is 0.252 e. The fourth-order valence-corrected chi connectivity index (χ4v) is 9.46. The number of hydrogen-bond acceptors (Lipinski definition) is 6. The second-order valence-electron chi connectivity index (χ2n) is 11.6. The van der Waals surface area contributed by atoms with E-state index in [9.17, 15) is 0 Å². The Kier molecular flexibility index (Phi) is 5.80. The third-order valence-electron chi connectivity index (χ3n) is 8.96. The maximum absolute atomic E-state index is 5.02. The minimum absolute atomic E-state index is 0.232. The van der Waals surface area contributed by atoms with Crippen LogP contribution < -0.4 is 21.3 Å². The highest BCUT2D eigenvalue weighted by molar-refractivity contribution is 8.01. The van der Waals surface area contributed by atoms with Crippen LogP contribution in [0.3, 0.4) is 0 Å². The monoisotopic (exact) mass is 622 g/mol. The van der Waals surface area contributed by atoms with Crippen molar-refractivity contribution in [3.8, 4) is 34.2 Å². The van der Waals surface area contributed by atoms with Crippen LogP contribution in [0.2, 0.25) is 0 Å². The van der Waals surface area contributed by atoms with Gasteiger partial charge in [-0.1, -0.05) is 115 Å². The van der Waals surface area contributed by atoms with Gasteiger partial charge in [0.25, 0.3) is 6.71 Å². The molecule has 0 amide bonds. The maximum atomic E-state index is 5.02. The highest BCUT2D eigenvalue weighted by Gasteiger charge is 2.45. The zero-order valence-corrected chi connectivity index (χ0v) is 26.1. The first kappa shape index (κ1) is 26.1. The largest absolute Gasteiger partial charge is 0.311 e. The molecule has 0 N–H and O–H groups in total. The van der Waals surface area contributed by atoms with Crippen LogP contribution in [0.5, 0.6) is 0 Å². The van der Waals surface area contributed by atoms with Gasteiger partial charge in [-0.3, -0.25) is 0 Å². The van der Waals surface area contributed by atoms with Gasteiger partial charge in [0.1, 0.15) is 0 Å². The molecule has 46 heavy (non-hydrogen) atoms. The molecule has 7 aromatic rings. The summed E-state index contributed by atoms with van der Waals surface area (Å²) in [5, 5.41) is 0. The number of nitrogens with zero attached hydrogens (tertiary/aromatic N) is 4. The van der Waals surface area contributed by atoms with E-state index in [4.69, 9.17) is 15.0 Å². The SMILES string of the molecule is c1ccc(-c2nc(-c3ccccc3)nc(-c3cccc(N4c5cccc6c5B5c7c(cccc7Sc7cccc4c75)S6)c3)n2)cc1. The number of rotatable bonds is 4. The topological polar surface area (TPSA) is 41.9 Å². The summed E-state index contributed by atoms with van der Waals surface area (Å²) < 4.78 is 0. The summed E-state index contributed by atoms with van der Waals surface area (Å²) in [5.74, 6) is 1.97. The van der Waals surface area contributed by atoms with E-state index in [1.807, 2.05) is 84.2 Å². The summed E-state index contributed by atoms with van der Waals surface area (Å²) in [6.07, 6.45) is 0. The van der Waals surface area contributed by atoms with E-state index in [0.717, 1.165) is 22.4 Å². The molecule has 0 atom stereocenters. The fraction of sp³-hybridized carbons (Fsp3) is 0. The normalized spacial score (nSPS) is 13.4. The quantitative estimate of drug-likeness (QED) is 0.185. The molecule has 0 spiro atoms. The Morgan fingerprint density at radius 3 is 1.39 bits per heavy atom. The van der Waals surface area contributed by atoms with Crippen LogP contribution in [0.25, 0.3) is 34.2 Å². The zero-order chi connectivity index (χ0) is 30.2. The fourth-order valence-electron chi connectivity index (χ4n) is 7.00. The van der Waals surface area contributed by atoms with E-state index in [1.165, 1.54) is 47.3 Å². The van der Waals surface area contributed by atoms with Crippen LogP contribution in [-0.4, -0.2) is 21.7 Å². The molecule has 214 valence electrons. The van der Waals surface area contributed by atoms with Crippen molar-refractivity contribution in [3.05, 3.63) is 140 Å². The van der Waals surface area contributed by atoms with Crippen molar-refractivity contribution in [1.82, 2.24) is 15.0 Å². The highest BCUT2D eigenvalue weighted by Crippen LogP contribution is 2.46. The van der Waals surface area contributed by atoms with Crippen LogP contribution in [0.15, 0.2) is 159 Å². The molecule has 0 radical (unpaired) electrons. The predicted molar refractivity (Wildman–Crippen MR) is 190 cm³/mol. The van der Waals surface area contributed by atoms with Crippen molar-refractivity contribution >= 4 is 63.7 Å².